The Balaban J connectivity index is 1.79. The molecule has 1 radical (unpaired) electrons. The van der Waals surface area contributed by atoms with Crippen molar-refractivity contribution in [1.82, 2.24) is 30.7 Å². The van der Waals surface area contributed by atoms with E-state index in [1.165, 1.54) is 18.3 Å². The Hall–Kier alpha value is -3.33. The molecule has 0 fully saturated rings. The van der Waals surface area contributed by atoms with Gasteiger partial charge in [-0.25, -0.2) is 28.4 Å². The molecule has 0 spiro atoms. The van der Waals surface area contributed by atoms with Gasteiger partial charge in [0.2, 0.25) is 0 Å². The summed E-state index contributed by atoms with van der Waals surface area (Å²) in [6, 6.07) is 9.99. The first-order valence-corrected chi connectivity index (χ1v) is 9.51. The van der Waals surface area contributed by atoms with Crippen molar-refractivity contribution in [3.05, 3.63) is 48.8 Å². The predicted molar refractivity (Wildman–Crippen MR) is 96.2 cm³/mol. The molecule has 4 aromatic rings. The second kappa shape index (κ2) is 5.88. The molecule has 0 bridgehead atoms. The van der Waals surface area contributed by atoms with Gasteiger partial charge in [-0.05, 0) is 24.3 Å². The van der Waals surface area contributed by atoms with E-state index in [0.29, 0.717) is 28.4 Å². The number of nitrogens with one attached hydrogen (secondary N) is 2. The van der Waals surface area contributed by atoms with Gasteiger partial charge < -0.3 is 4.98 Å². The molecule has 0 aliphatic rings. The van der Waals surface area contributed by atoms with Crippen molar-refractivity contribution in [3.63, 3.8) is 0 Å². The number of benzene rings is 1. The molecule has 0 amide bonds. The number of hydrogen-bond donors (Lipinski definition) is 1. The number of aromatic nitrogens is 5. The summed E-state index contributed by atoms with van der Waals surface area (Å²) in [5, 5.41) is 0. The first-order valence-electron chi connectivity index (χ1n) is 7.62. The monoisotopic (exact) mass is 365 g/mol. The van der Waals surface area contributed by atoms with Crippen molar-refractivity contribution >= 4 is 26.8 Å². The van der Waals surface area contributed by atoms with Crippen LogP contribution in [0, 0.1) is 0 Å². The van der Waals surface area contributed by atoms with Crippen LogP contribution in [-0.2, 0) is 9.84 Å². The summed E-state index contributed by atoms with van der Waals surface area (Å²) < 4.78 is 23.2. The summed E-state index contributed by atoms with van der Waals surface area (Å²) in [5.41, 5.74) is 10.8. The molecular weight excluding hydrogens is 352 g/mol. The maximum Gasteiger partial charge on any atom is 0.178 e. The lowest BCUT2D eigenvalue weighted by Crippen LogP contribution is -1.97. The molecule has 26 heavy (non-hydrogen) atoms. The molecule has 0 atom stereocenters. The van der Waals surface area contributed by atoms with Crippen LogP contribution in [0.2, 0.25) is 0 Å². The second-order valence-electron chi connectivity index (χ2n) is 5.71. The molecule has 3 aromatic heterocycles. The number of imidazole rings is 1. The molecule has 129 valence electrons. The van der Waals surface area contributed by atoms with Gasteiger partial charge in [0, 0.05) is 18.0 Å². The van der Waals surface area contributed by atoms with E-state index in [4.69, 9.17) is 5.73 Å². The highest BCUT2D eigenvalue weighted by molar-refractivity contribution is 7.90. The van der Waals surface area contributed by atoms with Crippen LogP contribution in [0.5, 0.6) is 0 Å². The Morgan fingerprint density at radius 1 is 1.04 bits per heavy atom. The minimum absolute atomic E-state index is 0.0134. The molecular formula is C17H13N6O2S. The fraction of sp³-hybridized carbons (Fsp3) is 0.0588. The van der Waals surface area contributed by atoms with Gasteiger partial charge in [0.15, 0.2) is 32.8 Å². The van der Waals surface area contributed by atoms with E-state index in [2.05, 4.69) is 24.9 Å². The lowest BCUT2D eigenvalue weighted by Gasteiger charge is -2.05. The first-order chi connectivity index (χ1) is 12.4. The zero-order valence-electron chi connectivity index (χ0n) is 13.6. The van der Waals surface area contributed by atoms with Crippen molar-refractivity contribution in [2.75, 3.05) is 6.26 Å². The van der Waals surface area contributed by atoms with Crippen molar-refractivity contribution in [2.45, 2.75) is 4.90 Å². The SMILES string of the molecule is CS(=O)(=O)c1ccc(-c2cnc([NH])c(-c3nc4ncccc4[nH]3)n2)cc1. The van der Waals surface area contributed by atoms with Crippen LogP contribution < -0.4 is 5.73 Å². The number of aromatic amines is 1. The van der Waals surface area contributed by atoms with E-state index in [9.17, 15) is 8.42 Å². The molecule has 0 unspecified atom stereocenters. The van der Waals surface area contributed by atoms with E-state index in [1.807, 2.05) is 6.07 Å². The molecule has 2 N–H and O–H groups in total. The molecule has 0 aliphatic heterocycles. The highest BCUT2D eigenvalue weighted by atomic mass is 32.2. The van der Waals surface area contributed by atoms with Crippen LogP contribution in [0.25, 0.3) is 33.9 Å². The van der Waals surface area contributed by atoms with Crippen LogP contribution >= 0.6 is 0 Å². The normalized spacial score (nSPS) is 11.7. The summed E-state index contributed by atoms with van der Waals surface area (Å²) in [5.74, 6) is 0.395. The van der Waals surface area contributed by atoms with E-state index in [-0.39, 0.29) is 10.7 Å². The fourth-order valence-electron chi connectivity index (χ4n) is 2.52. The molecule has 8 nitrogen and oxygen atoms in total. The van der Waals surface area contributed by atoms with Gasteiger partial charge in [-0.2, -0.15) is 0 Å². The summed E-state index contributed by atoms with van der Waals surface area (Å²) >= 11 is 0. The third-order valence-electron chi connectivity index (χ3n) is 3.83. The quantitative estimate of drug-likeness (QED) is 0.594. The molecule has 0 saturated carbocycles. The number of H-pyrrole nitrogens is 1. The Bertz CT molecular complexity index is 1180. The summed E-state index contributed by atoms with van der Waals surface area (Å²) in [4.78, 5) is 20.4. The lowest BCUT2D eigenvalue weighted by molar-refractivity contribution is 0.602. The highest BCUT2D eigenvalue weighted by Gasteiger charge is 2.14. The van der Waals surface area contributed by atoms with Gasteiger partial charge in [0.25, 0.3) is 0 Å². The van der Waals surface area contributed by atoms with Crippen LogP contribution in [0.4, 0.5) is 5.82 Å². The smallest absolute Gasteiger partial charge is 0.178 e. The minimum atomic E-state index is -3.26. The number of pyridine rings is 1. The molecule has 0 aliphatic carbocycles. The third-order valence-corrected chi connectivity index (χ3v) is 4.96. The highest BCUT2D eigenvalue weighted by Crippen LogP contribution is 2.26. The molecule has 9 heteroatoms. The zero-order valence-corrected chi connectivity index (χ0v) is 14.4. The van der Waals surface area contributed by atoms with Gasteiger partial charge >= 0.3 is 0 Å². The molecule has 0 saturated heterocycles. The number of fused-ring (bicyclic) bond motifs is 1. The maximum absolute atomic E-state index is 11.6. The Kier molecular flexibility index (Phi) is 3.66. The fourth-order valence-corrected chi connectivity index (χ4v) is 3.15. The van der Waals surface area contributed by atoms with Crippen LogP contribution in [0.15, 0.2) is 53.7 Å². The molecule has 4 rings (SSSR count). The van der Waals surface area contributed by atoms with Gasteiger partial charge in [-0.3, -0.25) is 5.73 Å². The van der Waals surface area contributed by atoms with Crippen molar-refractivity contribution in [3.8, 4) is 22.8 Å². The van der Waals surface area contributed by atoms with E-state index in [0.717, 1.165) is 11.8 Å². The van der Waals surface area contributed by atoms with Crippen molar-refractivity contribution in [2.24, 2.45) is 0 Å². The maximum atomic E-state index is 11.6. The summed E-state index contributed by atoms with van der Waals surface area (Å²) in [7, 11) is -3.26. The van der Waals surface area contributed by atoms with Gasteiger partial charge in [0.1, 0.15) is 0 Å². The average molecular weight is 365 g/mol. The van der Waals surface area contributed by atoms with E-state index >= 15 is 0 Å². The summed E-state index contributed by atoms with van der Waals surface area (Å²) in [6.45, 7) is 0. The standard InChI is InChI=1S/C17H13N6O2S/c1-26(24,25)11-6-4-10(5-7-11)13-9-20-15(18)14(21-13)17-22-12-3-2-8-19-16(12)23-17/h2-9,18H,1H3,(H,19,22,23). The number of nitrogens with zero attached hydrogens (tertiary/aromatic N) is 4. The summed E-state index contributed by atoms with van der Waals surface area (Å²) in [6.07, 6.45) is 4.27. The zero-order chi connectivity index (χ0) is 18.3. The largest absolute Gasteiger partial charge is 0.335 e. The molecule has 3 heterocycles. The topological polar surface area (TPSA) is 125 Å². The number of rotatable bonds is 3. The number of sulfone groups is 1. The lowest BCUT2D eigenvalue weighted by atomic mass is 10.1. The average Bonchev–Trinajstić information content (AvgIpc) is 3.05. The Labute approximate surface area is 149 Å². The van der Waals surface area contributed by atoms with E-state index < -0.39 is 9.84 Å². The predicted octanol–water partition coefficient (Wildman–Crippen LogP) is 2.40. The Morgan fingerprint density at radius 2 is 1.81 bits per heavy atom. The van der Waals surface area contributed by atoms with Crippen LogP contribution in [0.1, 0.15) is 0 Å². The number of hydrogen-bond acceptors (Lipinski definition) is 6. The van der Waals surface area contributed by atoms with Crippen molar-refractivity contribution < 1.29 is 8.42 Å². The van der Waals surface area contributed by atoms with Gasteiger partial charge in [0.05, 0.1) is 22.3 Å². The second-order valence-corrected chi connectivity index (χ2v) is 7.72. The van der Waals surface area contributed by atoms with Crippen LogP contribution in [0.3, 0.4) is 0 Å². The minimum Gasteiger partial charge on any atom is -0.335 e. The van der Waals surface area contributed by atoms with Gasteiger partial charge in [-0.1, -0.05) is 12.1 Å². The third kappa shape index (κ3) is 2.88. The van der Waals surface area contributed by atoms with Crippen molar-refractivity contribution in [1.29, 1.82) is 0 Å². The molecule has 1 aromatic carbocycles. The Morgan fingerprint density at radius 3 is 2.50 bits per heavy atom. The van der Waals surface area contributed by atoms with Crippen LogP contribution in [-0.4, -0.2) is 39.6 Å². The first kappa shape index (κ1) is 16.2. The van der Waals surface area contributed by atoms with Gasteiger partial charge in [-0.15, -0.1) is 0 Å². The van der Waals surface area contributed by atoms with E-state index in [1.54, 1.807) is 24.4 Å².